The number of ether oxygens (including phenoxy) is 1. The van der Waals surface area contributed by atoms with E-state index in [0.29, 0.717) is 24.7 Å². The number of methoxy groups -OCH3 is 1. The molecule has 0 saturated carbocycles. The number of nitrogens with one attached hydrogen (secondary N) is 1. The van der Waals surface area contributed by atoms with E-state index in [0.717, 1.165) is 5.69 Å². The second-order valence-electron chi connectivity index (χ2n) is 3.17. The molecular weight excluding hydrogens is 333 g/mol. The van der Waals surface area contributed by atoms with E-state index in [9.17, 15) is 0 Å². The molecule has 0 aliphatic carbocycles. The first kappa shape index (κ1) is 16.0. The van der Waals surface area contributed by atoms with Crippen molar-refractivity contribution >= 4 is 35.6 Å². The van der Waals surface area contributed by atoms with Gasteiger partial charge >= 0.3 is 0 Å². The summed E-state index contributed by atoms with van der Waals surface area (Å²) in [4.78, 5) is 4.05. The third-order valence-corrected chi connectivity index (χ3v) is 1.97. The van der Waals surface area contributed by atoms with Crippen molar-refractivity contribution in [1.82, 2.24) is 0 Å². The van der Waals surface area contributed by atoms with Crippen molar-refractivity contribution < 1.29 is 9.84 Å². The van der Waals surface area contributed by atoms with Crippen LogP contribution in [0.5, 0.6) is 5.75 Å². The number of nitrogens with two attached hydrogens (primary N) is 1. The highest BCUT2D eigenvalue weighted by molar-refractivity contribution is 14.0. The lowest BCUT2D eigenvalue weighted by Gasteiger charge is -2.09. The molecule has 1 aromatic rings. The predicted molar refractivity (Wildman–Crippen MR) is 80.2 cm³/mol. The summed E-state index contributed by atoms with van der Waals surface area (Å²) < 4.78 is 5.16. The third-order valence-electron chi connectivity index (χ3n) is 1.97. The largest absolute Gasteiger partial charge is 0.495 e. The maximum Gasteiger partial charge on any atom is 0.193 e. The summed E-state index contributed by atoms with van der Waals surface area (Å²) in [6, 6.07) is 7.45. The van der Waals surface area contributed by atoms with Gasteiger partial charge in [-0.15, -0.1) is 24.0 Å². The van der Waals surface area contributed by atoms with Crippen LogP contribution in [0, 0.1) is 0 Å². The summed E-state index contributed by atoms with van der Waals surface area (Å²) in [7, 11) is 1.60. The molecule has 0 heterocycles. The van der Waals surface area contributed by atoms with Gasteiger partial charge in [-0.05, 0) is 18.6 Å². The molecule has 0 radical (unpaired) electrons. The number of hydrogen-bond acceptors (Lipinski definition) is 3. The average molecular weight is 351 g/mol. The van der Waals surface area contributed by atoms with Crippen LogP contribution in [-0.2, 0) is 0 Å². The van der Waals surface area contributed by atoms with Crippen LogP contribution in [0.2, 0.25) is 0 Å². The molecule has 0 amide bonds. The lowest BCUT2D eigenvalue weighted by atomic mass is 10.3. The second kappa shape index (κ2) is 9.06. The molecule has 4 N–H and O–H groups in total. The standard InChI is InChI=1S/C11H17N3O2.HI/c1-16-10-6-3-2-5-9(10)14-11(12)13-7-4-8-15;/h2-3,5-6,15H,4,7-8H2,1H3,(H3,12,13,14);1H. The molecular formula is C11H18IN3O2. The summed E-state index contributed by atoms with van der Waals surface area (Å²) in [6.45, 7) is 0.621. The molecule has 1 rings (SSSR count). The van der Waals surface area contributed by atoms with Gasteiger partial charge in [-0.3, -0.25) is 4.99 Å². The first-order valence-electron chi connectivity index (χ1n) is 5.08. The predicted octanol–water partition coefficient (Wildman–Crippen LogP) is 1.42. The maximum atomic E-state index is 8.60. The lowest BCUT2D eigenvalue weighted by Crippen LogP contribution is -2.23. The average Bonchev–Trinajstić information content (AvgIpc) is 2.30. The van der Waals surface area contributed by atoms with E-state index < -0.39 is 0 Å². The Balaban J connectivity index is 0.00000256. The molecule has 6 heteroatoms. The molecule has 17 heavy (non-hydrogen) atoms. The van der Waals surface area contributed by atoms with Gasteiger partial charge in [-0.25, -0.2) is 0 Å². The van der Waals surface area contributed by atoms with Gasteiger partial charge in [-0.1, -0.05) is 12.1 Å². The molecule has 0 bridgehead atoms. The van der Waals surface area contributed by atoms with Gasteiger partial charge < -0.3 is 20.9 Å². The molecule has 0 fully saturated rings. The quantitative estimate of drug-likeness (QED) is 0.325. The smallest absolute Gasteiger partial charge is 0.193 e. The van der Waals surface area contributed by atoms with Crippen LogP contribution in [0.3, 0.4) is 0 Å². The minimum atomic E-state index is 0. The summed E-state index contributed by atoms with van der Waals surface area (Å²) in [5, 5.41) is 11.5. The van der Waals surface area contributed by atoms with Crippen LogP contribution in [0.15, 0.2) is 29.3 Å². The number of aliphatic imine (C=N–C) groups is 1. The van der Waals surface area contributed by atoms with Crippen molar-refractivity contribution in [2.24, 2.45) is 10.7 Å². The van der Waals surface area contributed by atoms with E-state index in [-0.39, 0.29) is 30.6 Å². The first-order chi connectivity index (χ1) is 7.77. The highest BCUT2D eigenvalue weighted by Crippen LogP contribution is 2.22. The number of guanidine groups is 1. The number of anilines is 1. The van der Waals surface area contributed by atoms with Gasteiger partial charge in [0.05, 0.1) is 12.8 Å². The van der Waals surface area contributed by atoms with Crippen molar-refractivity contribution in [1.29, 1.82) is 0 Å². The minimum absolute atomic E-state index is 0. The van der Waals surface area contributed by atoms with Crippen molar-refractivity contribution in [3.63, 3.8) is 0 Å². The van der Waals surface area contributed by atoms with Gasteiger partial charge in [-0.2, -0.15) is 0 Å². The number of para-hydroxylation sites is 2. The van der Waals surface area contributed by atoms with Gasteiger partial charge in [0.1, 0.15) is 5.75 Å². The van der Waals surface area contributed by atoms with Gasteiger partial charge in [0, 0.05) is 13.2 Å². The summed E-state index contributed by atoms with van der Waals surface area (Å²) in [6.07, 6.45) is 0.605. The van der Waals surface area contributed by atoms with E-state index in [4.69, 9.17) is 15.6 Å². The van der Waals surface area contributed by atoms with Gasteiger partial charge in [0.25, 0.3) is 0 Å². The molecule has 0 atom stereocenters. The van der Waals surface area contributed by atoms with E-state index in [2.05, 4.69) is 10.3 Å². The monoisotopic (exact) mass is 351 g/mol. The first-order valence-corrected chi connectivity index (χ1v) is 5.08. The topological polar surface area (TPSA) is 79.9 Å². The normalized spacial score (nSPS) is 10.6. The Morgan fingerprint density at radius 2 is 2.18 bits per heavy atom. The third kappa shape index (κ3) is 5.73. The second-order valence-corrected chi connectivity index (χ2v) is 3.17. The van der Waals surface area contributed by atoms with Crippen molar-refractivity contribution in [2.75, 3.05) is 25.6 Å². The summed E-state index contributed by atoms with van der Waals surface area (Å²) in [5.74, 6) is 1.03. The van der Waals surface area contributed by atoms with Gasteiger partial charge in [0.15, 0.2) is 5.96 Å². The Labute approximate surface area is 118 Å². The molecule has 5 nitrogen and oxygen atoms in total. The van der Waals surface area contributed by atoms with E-state index in [1.54, 1.807) is 7.11 Å². The molecule has 1 aromatic carbocycles. The zero-order chi connectivity index (χ0) is 11.8. The van der Waals surface area contributed by atoms with Crippen LogP contribution in [0.1, 0.15) is 6.42 Å². The van der Waals surface area contributed by atoms with Gasteiger partial charge in [0.2, 0.25) is 0 Å². The Bertz CT molecular complexity index is 358. The van der Waals surface area contributed by atoms with E-state index in [1.807, 2.05) is 24.3 Å². The highest BCUT2D eigenvalue weighted by atomic mass is 127. The Kier molecular flexibility index (Phi) is 8.51. The summed E-state index contributed by atoms with van der Waals surface area (Å²) in [5.41, 5.74) is 6.45. The van der Waals surface area contributed by atoms with Crippen molar-refractivity contribution in [3.8, 4) is 5.75 Å². The Morgan fingerprint density at radius 3 is 2.82 bits per heavy atom. The van der Waals surface area contributed by atoms with Crippen molar-refractivity contribution in [2.45, 2.75) is 6.42 Å². The summed E-state index contributed by atoms with van der Waals surface area (Å²) >= 11 is 0. The number of halogens is 1. The Morgan fingerprint density at radius 1 is 1.47 bits per heavy atom. The number of hydrogen-bond donors (Lipinski definition) is 3. The number of aliphatic hydroxyl groups is 1. The molecule has 0 aromatic heterocycles. The zero-order valence-corrected chi connectivity index (χ0v) is 12.0. The molecule has 0 spiro atoms. The van der Waals surface area contributed by atoms with Crippen molar-refractivity contribution in [3.05, 3.63) is 24.3 Å². The van der Waals surface area contributed by atoms with Crippen LogP contribution < -0.4 is 15.8 Å². The fourth-order valence-corrected chi connectivity index (χ4v) is 1.20. The fraction of sp³-hybridized carbons (Fsp3) is 0.364. The molecule has 0 aliphatic heterocycles. The number of rotatable bonds is 5. The maximum absolute atomic E-state index is 8.60. The SMILES string of the molecule is COc1ccccc1NC(N)=NCCCO.I. The minimum Gasteiger partial charge on any atom is -0.495 e. The number of nitrogens with zero attached hydrogens (tertiary/aromatic N) is 1. The van der Waals surface area contributed by atoms with Crippen LogP contribution >= 0.6 is 24.0 Å². The van der Waals surface area contributed by atoms with E-state index in [1.165, 1.54) is 0 Å². The van der Waals surface area contributed by atoms with Crippen LogP contribution in [-0.4, -0.2) is 31.3 Å². The molecule has 0 unspecified atom stereocenters. The molecule has 0 aliphatic rings. The lowest BCUT2D eigenvalue weighted by molar-refractivity contribution is 0.291. The fourth-order valence-electron chi connectivity index (χ4n) is 1.20. The van der Waals surface area contributed by atoms with Crippen LogP contribution in [0.25, 0.3) is 0 Å². The Hall–Kier alpha value is -1.02. The highest BCUT2D eigenvalue weighted by Gasteiger charge is 2.01. The molecule has 0 saturated heterocycles. The zero-order valence-electron chi connectivity index (χ0n) is 9.72. The van der Waals surface area contributed by atoms with E-state index >= 15 is 0 Å². The number of benzene rings is 1. The molecule has 96 valence electrons. The van der Waals surface area contributed by atoms with Crippen LogP contribution in [0.4, 0.5) is 5.69 Å². The number of aliphatic hydroxyl groups excluding tert-OH is 1.